The number of aromatic nitrogens is 2. The van der Waals surface area contributed by atoms with E-state index in [1.54, 1.807) is 13.2 Å². The van der Waals surface area contributed by atoms with Gasteiger partial charge in [-0.1, -0.05) is 0 Å². The van der Waals surface area contributed by atoms with Crippen molar-refractivity contribution in [3.8, 4) is 0 Å². The van der Waals surface area contributed by atoms with Gasteiger partial charge in [-0.15, -0.1) is 0 Å². The SMILES string of the molecule is COCc1coc(C(=O)c2cncnc2)c1. The quantitative estimate of drug-likeness (QED) is 0.726. The molecule has 2 aromatic heterocycles. The number of furan rings is 1. The third kappa shape index (κ3) is 2.14. The standard InChI is InChI=1S/C11H10N2O3/c1-15-5-8-2-10(16-6-8)11(14)9-3-12-7-13-4-9/h2-4,6-7H,5H2,1H3. The van der Waals surface area contributed by atoms with Crippen LogP contribution in [-0.2, 0) is 11.3 Å². The molecule has 5 heteroatoms. The molecule has 0 aliphatic heterocycles. The lowest BCUT2D eigenvalue weighted by Gasteiger charge is -1.94. The van der Waals surface area contributed by atoms with Crippen LogP contribution >= 0.6 is 0 Å². The first kappa shape index (κ1) is 10.5. The summed E-state index contributed by atoms with van der Waals surface area (Å²) in [6, 6.07) is 1.65. The second-order valence-corrected chi connectivity index (χ2v) is 3.21. The summed E-state index contributed by atoms with van der Waals surface area (Å²) in [4.78, 5) is 19.4. The number of rotatable bonds is 4. The van der Waals surface area contributed by atoms with Crippen molar-refractivity contribution in [2.75, 3.05) is 7.11 Å². The number of hydrogen-bond acceptors (Lipinski definition) is 5. The van der Waals surface area contributed by atoms with Gasteiger partial charge in [0, 0.05) is 25.1 Å². The molecule has 16 heavy (non-hydrogen) atoms. The van der Waals surface area contributed by atoms with Crippen LogP contribution in [0.1, 0.15) is 21.7 Å². The predicted octanol–water partition coefficient (Wildman–Crippen LogP) is 1.45. The van der Waals surface area contributed by atoms with Crippen molar-refractivity contribution in [3.05, 3.63) is 47.9 Å². The van der Waals surface area contributed by atoms with Crippen molar-refractivity contribution >= 4 is 5.78 Å². The highest BCUT2D eigenvalue weighted by molar-refractivity contribution is 6.06. The van der Waals surface area contributed by atoms with E-state index in [0.29, 0.717) is 12.2 Å². The van der Waals surface area contributed by atoms with Gasteiger partial charge < -0.3 is 9.15 Å². The van der Waals surface area contributed by atoms with Crippen LogP contribution in [-0.4, -0.2) is 22.9 Å². The topological polar surface area (TPSA) is 65.2 Å². The van der Waals surface area contributed by atoms with Crippen LogP contribution < -0.4 is 0 Å². The van der Waals surface area contributed by atoms with Gasteiger partial charge >= 0.3 is 0 Å². The molecule has 0 spiro atoms. The van der Waals surface area contributed by atoms with Crippen molar-refractivity contribution in [1.29, 1.82) is 0 Å². The molecule has 0 radical (unpaired) electrons. The molecule has 0 fully saturated rings. The minimum Gasteiger partial charge on any atom is -0.460 e. The highest BCUT2D eigenvalue weighted by Gasteiger charge is 2.13. The van der Waals surface area contributed by atoms with Crippen molar-refractivity contribution < 1.29 is 13.9 Å². The number of nitrogens with zero attached hydrogens (tertiary/aromatic N) is 2. The Morgan fingerprint density at radius 1 is 1.44 bits per heavy atom. The Morgan fingerprint density at radius 3 is 2.88 bits per heavy atom. The van der Waals surface area contributed by atoms with Crippen LogP contribution in [0, 0.1) is 0 Å². The molecule has 0 aliphatic carbocycles. The molecule has 2 rings (SSSR count). The Morgan fingerprint density at radius 2 is 2.19 bits per heavy atom. The molecule has 2 aromatic rings. The van der Waals surface area contributed by atoms with Crippen molar-refractivity contribution in [2.24, 2.45) is 0 Å². The first-order valence-corrected chi connectivity index (χ1v) is 4.67. The Bertz CT molecular complexity index is 479. The highest BCUT2D eigenvalue weighted by Crippen LogP contribution is 2.12. The molecule has 0 saturated carbocycles. The van der Waals surface area contributed by atoms with E-state index in [9.17, 15) is 4.79 Å². The Labute approximate surface area is 92.1 Å². The van der Waals surface area contributed by atoms with E-state index >= 15 is 0 Å². The van der Waals surface area contributed by atoms with Gasteiger partial charge in [0.1, 0.15) is 6.33 Å². The molecule has 0 atom stereocenters. The zero-order valence-corrected chi connectivity index (χ0v) is 8.71. The van der Waals surface area contributed by atoms with E-state index in [1.165, 1.54) is 25.0 Å². The number of carbonyl (C=O) groups is 1. The van der Waals surface area contributed by atoms with E-state index < -0.39 is 0 Å². The monoisotopic (exact) mass is 218 g/mol. The molecule has 0 saturated heterocycles. The number of hydrogen-bond donors (Lipinski definition) is 0. The van der Waals surface area contributed by atoms with Crippen LogP contribution in [0.4, 0.5) is 0 Å². The number of ether oxygens (including phenoxy) is 1. The maximum Gasteiger partial charge on any atom is 0.231 e. The van der Waals surface area contributed by atoms with Gasteiger partial charge in [-0.25, -0.2) is 9.97 Å². The maximum absolute atomic E-state index is 11.8. The minimum absolute atomic E-state index is 0.233. The number of methoxy groups -OCH3 is 1. The third-order valence-corrected chi connectivity index (χ3v) is 2.01. The van der Waals surface area contributed by atoms with E-state index in [2.05, 4.69) is 9.97 Å². The zero-order valence-electron chi connectivity index (χ0n) is 8.71. The first-order valence-electron chi connectivity index (χ1n) is 4.67. The zero-order chi connectivity index (χ0) is 11.4. The summed E-state index contributed by atoms with van der Waals surface area (Å²) in [5.74, 6) is 0.0322. The van der Waals surface area contributed by atoms with Crippen LogP contribution in [0.25, 0.3) is 0 Å². The summed E-state index contributed by atoms with van der Waals surface area (Å²) < 4.78 is 10.1. The minimum atomic E-state index is -0.233. The fourth-order valence-electron chi connectivity index (χ4n) is 1.30. The Hall–Kier alpha value is -2.01. The fourth-order valence-corrected chi connectivity index (χ4v) is 1.30. The summed E-state index contributed by atoms with van der Waals surface area (Å²) in [5.41, 5.74) is 1.23. The van der Waals surface area contributed by atoms with E-state index in [0.717, 1.165) is 5.56 Å². The molecule has 0 N–H and O–H groups in total. The van der Waals surface area contributed by atoms with Gasteiger partial charge in [0.25, 0.3) is 0 Å². The molecule has 0 amide bonds. The molecule has 0 unspecified atom stereocenters. The van der Waals surface area contributed by atoms with Crippen LogP contribution in [0.2, 0.25) is 0 Å². The average Bonchev–Trinajstić information content (AvgIpc) is 2.78. The molecule has 0 bridgehead atoms. The van der Waals surface area contributed by atoms with Crippen molar-refractivity contribution in [1.82, 2.24) is 9.97 Å². The van der Waals surface area contributed by atoms with E-state index in [4.69, 9.17) is 9.15 Å². The summed E-state index contributed by atoms with van der Waals surface area (Å²) in [5, 5.41) is 0. The maximum atomic E-state index is 11.8. The lowest BCUT2D eigenvalue weighted by atomic mass is 10.1. The highest BCUT2D eigenvalue weighted by atomic mass is 16.5. The molecule has 5 nitrogen and oxygen atoms in total. The smallest absolute Gasteiger partial charge is 0.231 e. The predicted molar refractivity (Wildman–Crippen MR) is 54.9 cm³/mol. The van der Waals surface area contributed by atoms with Crippen LogP contribution in [0.5, 0.6) is 0 Å². The normalized spacial score (nSPS) is 10.3. The van der Waals surface area contributed by atoms with Gasteiger partial charge in [-0.3, -0.25) is 4.79 Å². The molecular formula is C11H10N2O3. The van der Waals surface area contributed by atoms with Crippen molar-refractivity contribution in [3.63, 3.8) is 0 Å². The molecule has 0 aliphatic rings. The average molecular weight is 218 g/mol. The number of carbonyl (C=O) groups excluding carboxylic acids is 1. The molecule has 82 valence electrons. The van der Waals surface area contributed by atoms with Gasteiger partial charge in [0.15, 0.2) is 5.76 Å². The van der Waals surface area contributed by atoms with E-state index in [1.807, 2.05) is 0 Å². The summed E-state index contributed by atoms with van der Waals surface area (Å²) >= 11 is 0. The van der Waals surface area contributed by atoms with Gasteiger partial charge in [0.2, 0.25) is 5.78 Å². The van der Waals surface area contributed by atoms with Gasteiger partial charge in [-0.05, 0) is 6.07 Å². The lowest BCUT2D eigenvalue weighted by molar-refractivity contribution is 0.101. The number of ketones is 1. The Kier molecular flexibility index (Phi) is 3.07. The largest absolute Gasteiger partial charge is 0.460 e. The van der Waals surface area contributed by atoms with E-state index in [-0.39, 0.29) is 11.5 Å². The Balaban J connectivity index is 2.21. The summed E-state index contributed by atoms with van der Waals surface area (Å²) in [6.45, 7) is 0.419. The van der Waals surface area contributed by atoms with Crippen molar-refractivity contribution in [2.45, 2.75) is 6.61 Å². The lowest BCUT2D eigenvalue weighted by Crippen LogP contribution is -2.00. The van der Waals surface area contributed by atoms with Gasteiger partial charge in [0.05, 0.1) is 18.4 Å². The van der Waals surface area contributed by atoms with Crippen LogP contribution in [0.15, 0.2) is 35.5 Å². The summed E-state index contributed by atoms with van der Waals surface area (Å²) in [7, 11) is 1.58. The fraction of sp³-hybridized carbons (Fsp3) is 0.182. The molecule has 0 aromatic carbocycles. The second kappa shape index (κ2) is 4.67. The third-order valence-electron chi connectivity index (χ3n) is 2.01. The summed E-state index contributed by atoms with van der Waals surface area (Å²) in [6.07, 6.45) is 5.78. The van der Waals surface area contributed by atoms with Gasteiger partial charge in [-0.2, -0.15) is 0 Å². The molecule has 2 heterocycles. The first-order chi connectivity index (χ1) is 7.81. The second-order valence-electron chi connectivity index (χ2n) is 3.21. The van der Waals surface area contributed by atoms with Crippen LogP contribution in [0.3, 0.4) is 0 Å². The molecular weight excluding hydrogens is 208 g/mol.